The van der Waals surface area contributed by atoms with Gasteiger partial charge in [0.1, 0.15) is 0 Å². The predicted octanol–water partition coefficient (Wildman–Crippen LogP) is 0.607. The van der Waals surface area contributed by atoms with Crippen LogP contribution in [-0.4, -0.2) is 51.1 Å². The number of aromatic nitrogens is 3. The van der Waals surface area contributed by atoms with Gasteiger partial charge in [0.05, 0.1) is 30.0 Å². The molecule has 2 aromatic rings. The van der Waals surface area contributed by atoms with E-state index in [0.29, 0.717) is 18.3 Å². The third-order valence-corrected chi connectivity index (χ3v) is 3.93. The summed E-state index contributed by atoms with van der Waals surface area (Å²) in [5.74, 6) is -2.28. The minimum absolute atomic E-state index is 0.0124. The summed E-state index contributed by atoms with van der Waals surface area (Å²) >= 11 is 0. The molecule has 0 N–H and O–H groups in total. The van der Waals surface area contributed by atoms with Crippen LogP contribution in [0.1, 0.15) is 43.7 Å². The Balaban J connectivity index is 1.51. The Kier molecular flexibility index (Phi) is 3.35. The number of benzene rings is 1. The Bertz CT molecular complexity index is 805. The zero-order chi connectivity index (χ0) is 16.7. The molecule has 0 saturated carbocycles. The number of nitrogens with zero attached hydrogens (tertiary/aromatic N) is 4. The first-order valence-electron chi connectivity index (χ1n) is 7.35. The maximum Gasteiger partial charge on any atom is 0.385 e. The lowest BCUT2D eigenvalue weighted by atomic mass is 10.1. The third-order valence-electron chi connectivity index (χ3n) is 3.93. The van der Waals surface area contributed by atoms with Crippen LogP contribution in [0.25, 0.3) is 0 Å². The molecule has 4 rings (SSSR count). The zero-order valence-corrected chi connectivity index (χ0v) is 12.4. The highest BCUT2D eigenvalue weighted by Gasteiger charge is 2.39. The van der Waals surface area contributed by atoms with Crippen LogP contribution in [0.4, 0.5) is 0 Å². The SMILES string of the molecule is O=C(ON1C(=O)c2ccccc2C1=O)c1cn(C2CCOC2)nn1. The molecule has 1 aromatic carbocycles. The van der Waals surface area contributed by atoms with Crippen LogP contribution in [0.3, 0.4) is 0 Å². The lowest BCUT2D eigenvalue weighted by Gasteiger charge is -2.11. The number of ether oxygens (including phenoxy) is 1. The van der Waals surface area contributed by atoms with E-state index in [4.69, 9.17) is 9.57 Å². The monoisotopic (exact) mass is 328 g/mol. The molecular weight excluding hydrogens is 316 g/mol. The number of hydrogen-bond acceptors (Lipinski definition) is 7. The largest absolute Gasteiger partial charge is 0.385 e. The molecule has 0 spiro atoms. The summed E-state index contributed by atoms with van der Waals surface area (Å²) in [6.07, 6.45) is 2.19. The molecule has 2 aliphatic heterocycles. The van der Waals surface area contributed by atoms with Crippen molar-refractivity contribution in [2.24, 2.45) is 0 Å². The number of rotatable bonds is 3. The Morgan fingerprint density at radius 2 is 1.92 bits per heavy atom. The first kappa shape index (κ1) is 14.5. The van der Waals surface area contributed by atoms with Crippen molar-refractivity contribution < 1.29 is 24.0 Å². The van der Waals surface area contributed by atoms with Gasteiger partial charge in [0.2, 0.25) is 0 Å². The molecule has 3 heterocycles. The zero-order valence-electron chi connectivity index (χ0n) is 12.4. The number of imide groups is 1. The van der Waals surface area contributed by atoms with Gasteiger partial charge in [-0.3, -0.25) is 9.59 Å². The fourth-order valence-corrected chi connectivity index (χ4v) is 2.66. The van der Waals surface area contributed by atoms with Crippen molar-refractivity contribution in [3.05, 3.63) is 47.3 Å². The summed E-state index contributed by atoms with van der Waals surface area (Å²) in [5, 5.41) is 8.05. The van der Waals surface area contributed by atoms with E-state index in [0.717, 1.165) is 6.42 Å². The standard InChI is InChI=1S/C15H12N4O5/c20-13-10-3-1-2-4-11(10)14(21)19(13)24-15(22)12-7-18(17-16-12)9-5-6-23-8-9/h1-4,7,9H,5-6,8H2. The molecule has 9 nitrogen and oxygen atoms in total. The van der Waals surface area contributed by atoms with E-state index in [1.165, 1.54) is 23.0 Å². The molecule has 122 valence electrons. The van der Waals surface area contributed by atoms with Gasteiger partial charge >= 0.3 is 5.97 Å². The van der Waals surface area contributed by atoms with Crippen LogP contribution in [0.15, 0.2) is 30.5 Å². The van der Waals surface area contributed by atoms with Crippen molar-refractivity contribution in [2.45, 2.75) is 12.5 Å². The lowest BCUT2D eigenvalue weighted by Crippen LogP contribution is -2.32. The van der Waals surface area contributed by atoms with Crippen LogP contribution < -0.4 is 0 Å². The molecule has 24 heavy (non-hydrogen) atoms. The fraction of sp³-hybridized carbons (Fsp3) is 0.267. The van der Waals surface area contributed by atoms with Gasteiger partial charge < -0.3 is 9.57 Å². The Morgan fingerprint density at radius 3 is 2.54 bits per heavy atom. The summed E-state index contributed by atoms with van der Waals surface area (Å²) in [4.78, 5) is 41.4. The van der Waals surface area contributed by atoms with Crippen molar-refractivity contribution >= 4 is 17.8 Å². The minimum atomic E-state index is -0.922. The molecule has 1 unspecified atom stereocenters. The van der Waals surface area contributed by atoms with E-state index in [-0.39, 0.29) is 22.9 Å². The molecule has 1 saturated heterocycles. The van der Waals surface area contributed by atoms with E-state index < -0.39 is 17.8 Å². The number of fused-ring (bicyclic) bond motifs is 1. The molecule has 2 aliphatic rings. The highest BCUT2D eigenvalue weighted by Crippen LogP contribution is 2.23. The van der Waals surface area contributed by atoms with Gasteiger partial charge in [0.15, 0.2) is 5.69 Å². The second kappa shape index (κ2) is 5.53. The van der Waals surface area contributed by atoms with Crippen LogP contribution in [0.2, 0.25) is 0 Å². The normalized spacial score (nSPS) is 19.7. The molecule has 1 aromatic heterocycles. The highest BCUT2D eigenvalue weighted by atomic mass is 16.7. The van der Waals surface area contributed by atoms with E-state index in [1.54, 1.807) is 12.1 Å². The molecule has 0 aliphatic carbocycles. The molecule has 9 heteroatoms. The first-order valence-corrected chi connectivity index (χ1v) is 7.35. The second-order valence-corrected chi connectivity index (χ2v) is 5.43. The van der Waals surface area contributed by atoms with E-state index >= 15 is 0 Å². The average Bonchev–Trinajstić information content (AvgIpc) is 3.32. The summed E-state index contributed by atoms with van der Waals surface area (Å²) in [7, 11) is 0. The average molecular weight is 328 g/mol. The topological polar surface area (TPSA) is 104 Å². The van der Waals surface area contributed by atoms with Crippen molar-refractivity contribution in [2.75, 3.05) is 13.2 Å². The third kappa shape index (κ3) is 2.26. The lowest BCUT2D eigenvalue weighted by molar-refractivity contribution is -0.0588. The molecule has 1 fully saturated rings. The smallest absolute Gasteiger partial charge is 0.379 e. The van der Waals surface area contributed by atoms with Gasteiger partial charge in [0.25, 0.3) is 11.8 Å². The van der Waals surface area contributed by atoms with Gasteiger partial charge in [-0.15, -0.1) is 5.10 Å². The number of hydrogen-bond donors (Lipinski definition) is 0. The summed E-state index contributed by atoms with van der Waals surface area (Å²) in [6, 6.07) is 6.27. The minimum Gasteiger partial charge on any atom is -0.379 e. The van der Waals surface area contributed by atoms with Crippen molar-refractivity contribution in [1.82, 2.24) is 20.1 Å². The molecule has 0 bridgehead atoms. The maximum absolute atomic E-state index is 12.2. The predicted molar refractivity (Wildman–Crippen MR) is 76.9 cm³/mol. The Hall–Kier alpha value is -3.07. The second-order valence-electron chi connectivity index (χ2n) is 5.43. The number of carbonyl (C=O) groups is 3. The molecule has 2 amide bonds. The molecular formula is C15H12N4O5. The number of hydroxylamine groups is 2. The summed E-state index contributed by atoms with van der Waals surface area (Å²) < 4.78 is 6.77. The first-order chi connectivity index (χ1) is 11.6. The van der Waals surface area contributed by atoms with Crippen LogP contribution in [-0.2, 0) is 9.57 Å². The number of amides is 2. The summed E-state index contributed by atoms with van der Waals surface area (Å²) in [6.45, 7) is 1.12. The van der Waals surface area contributed by atoms with E-state index in [2.05, 4.69) is 10.3 Å². The molecule has 1 atom stereocenters. The Morgan fingerprint density at radius 1 is 1.21 bits per heavy atom. The van der Waals surface area contributed by atoms with E-state index in [1.807, 2.05) is 0 Å². The molecule has 0 radical (unpaired) electrons. The van der Waals surface area contributed by atoms with Crippen molar-refractivity contribution in [1.29, 1.82) is 0 Å². The van der Waals surface area contributed by atoms with Crippen LogP contribution in [0, 0.1) is 0 Å². The fourth-order valence-electron chi connectivity index (χ4n) is 2.66. The van der Waals surface area contributed by atoms with Crippen LogP contribution >= 0.6 is 0 Å². The van der Waals surface area contributed by atoms with Gasteiger partial charge in [-0.1, -0.05) is 22.4 Å². The van der Waals surface area contributed by atoms with Crippen molar-refractivity contribution in [3.8, 4) is 0 Å². The maximum atomic E-state index is 12.2. The van der Waals surface area contributed by atoms with Gasteiger partial charge in [-0.2, -0.15) is 0 Å². The summed E-state index contributed by atoms with van der Waals surface area (Å²) in [5.41, 5.74) is 0.308. The van der Waals surface area contributed by atoms with Gasteiger partial charge in [0, 0.05) is 6.61 Å². The van der Waals surface area contributed by atoms with Gasteiger partial charge in [-0.05, 0) is 18.6 Å². The highest BCUT2D eigenvalue weighted by molar-refractivity contribution is 6.21. The quantitative estimate of drug-likeness (QED) is 0.760. The van der Waals surface area contributed by atoms with Crippen molar-refractivity contribution in [3.63, 3.8) is 0 Å². The van der Waals surface area contributed by atoms with Gasteiger partial charge in [-0.25, -0.2) is 9.48 Å². The van der Waals surface area contributed by atoms with Crippen LogP contribution in [0.5, 0.6) is 0 Å². The Labute approximate surface area is 135 Å². The number of carbonyl (C=O) groups excluding carboxylic acids is 3. The van der Waals surface area contributed by atoms with E-state index in [9.17, 15) is 14.4 Å².